The third-order valence-corrected chi connectivity index (χ3v) is 6.49. The molecule has 1 saturated heterocycles. The minimum atomic E-state index is -3.19. The third-order valence-electron chi connectivity index (χ3n) is 4.36. The average Bonchev–Trinajstić information content (AvgIpc) is 2.99. The molecule has 1 aliphatic heterocycles. The van der Waals surface area contributed by atoms with E-state index in [0.717, 1.165) is 25.7 Å². The van der Waals surface area contributed by atoms with Gasteiger partial charge < -0.3 is 4.90 Å². The van der Waals surface area contributed by atoms with Crippen LogP contribution in [-0.4, -0.2) is 48.5 Å². The highest BCUT2D eigenvalue weighted by molar-refractivity contribution is 7.92. The zero-order chi connectivity index (χ0) is 14.5. The van der Waals surface area contributed by atoms with E-state index in [-0.39, 0.29) is 24.2 Å². The van der Waals surface area contributed by atoms with E-state index >= 15 is 0 Å². The Morgan fingerprint density at radius 2 is 2.00 bits per heavy atom. The number of hydrogen-bond donors (Lipinski definition) is 1. The smallest absolute Gasteiger partial charge is 0.244 e. The van der Waals surface area contributed by atoms with Gasteiger partial charge in [-0.25, -0.2) is 8.42 Å². The molecule has 5 nitrogen and oxygen atoms in total. The van der Waals surface area contributed by atoms with Crippen LogP contribution in [-0.2, 0) is 14.6 Å². The summed E-state index contributed by atoms with van der Waals surface area (Å²) in [7, 11) is -3.19. The van der Waals surface area contributed by atoms with Crippen molar-refractivity contribution >= 4 is 15.7 Å². The Balaban J connectivity index is 2.19. The second kappa shape index (κ2) is 4.45. The molecular formula is C13H24N2O3S. The van der Waals surface area contributed by atoms with Crippen molar-refractivity contribution in [2.75, 3.05) is 12.8 Å². The van der Waals surface area contributed by atoms with Crippen molar-refractivity contribution in [1.82, 2.24) is 10.2 Å². The molecule has 0 aromatic carbocycles. The fourth-order valence-corrected chi connectivity index (χ4v) is 2.94. The van der Waals surface area contributed by atoms with Gasteiger partial charge in [0.15, 0.2) is 9.84 Å². The van der Waals surface area contributed by atoms with Crippen molar-refractivity contribution < 1.29 is 13.2 Å². The van der Waals surface area contributed by atoms with E-state index in [1.165, 1.54) is 6.26 Å². The molecule has 1 aliphatic carbocycles. The minimum Gasteiger partial charge on any atom is -0.324 e. The van der Waals surface area contributed by atoms with E-state index in [1.807, 2.05) is 0 Å². The molecule has 1 atom stereocenters. The lowest BCUT2D eigenvalue weighted by molar-refractivity contribution is -0.131. The maximum absolute atomic E-state index is 12.4. The number of amides is 1. The summed E-state index contributed by atoms with van der Waals surface area (Å²) in [6, 6.07) is 0. The fourth-order valence-electron chi connectivity index (χ4n) is 2.57. The average molecular weight is 288 g/mol. The molecule has 2 aliphatic rings. The summed E-state index contributed by atoms with van der Waals surface area (Å²) < 4.78 is 22.8. The van der Waals surface area contributed by atoms with Gasteiger partial charge in [0.1, 0.15) is 0 Å². The summed E-state index contributed by atoms with van der Waals surface area (Å²) in [5.41, 5.74) is -0.368. The van der Waals surface area contributed by atoms with Crippen molar-refractivity contribution in [3.8, 4) is 0 Å². The van der Waals surface area contributed by atoms with E-state index < -0.39 is 14.6 Å². The third kappa shape index (κ3) is 2.52. The van der Waals surface area contributed by atoms with Gasteiger partial charge in [-0.15, -0.1) is 0 Å². The van der Waals surface area contributed by atoms with Crippen LogP contribution in [0.3, 0.4) is 0 Å². The monoisotopic (exact) mass is 288 g/mol. The maximum Gasteiger partial charge on any atom is 0.244 e. The van der Waals surface area contributed by atoms with Crippen LogP contribution in [0.15, 0.2) is 0 Å². The summed E-state index contributed by atoms with van der Waals surface area (Å²) in [4.78, 5) is 14.2. The summed E-state index contributed by atoms with van der Waals surface area (Å²) in [5.74, 6) is 0.0858. The first-order chi connectivity index (χ1) is 8.63. The van der Waals surface area contributed by atoms with Crippen LogP contribution in [0.4, 0.5) is 0 Å². The van der Waals surface area contributed by atoms with Gasteiger partial charge in [-0.3, -0.25) is 10.1 Å². The Morgan fingerprint density at radius 1 is 1.42 bits per heavy atom. The molecule has 2 fully saturated rings. The van der Waals surface area contributed by atoms with Gasteiger partial charge in [0, 0.05) is 12.8 Å². The Labute approximate surface area is 115 Å². The highest BCUT2D eigenvalue weighted by atomic mass is 32.2. The van der Waals surface area contributed by atoms with E-state index in [9.17, 15) is 13.2 Å². The first-order valence-corrected chi connectivity index (χ1v) is 8.80. The van der Waals surface area contributed by atoms with Crippen LogP contribution in [0, 0.1) is 0 Å². The van der Waals surface area contributed by atoms with Crippen molar-refractivity contribution in [2.45, 2.75) is 62.9 Å². The van der Waals surface area contributed by atoms with Gasteiger partial charge in [-0.1, -0.05) is 13.3 Å². The molecule has 0 aromatic rings. The Kier molecular flexibility index (Phi) is 3.46. The normalized spacial score (nSPS) is 26.2. The van der Waals surface area contributed by atoms with Crippen LogP contribution in [0.2, 0.25) is 0 Å². The highest BCUT2D eigenvalue weighted by Crippen LogP contribution is 2.43. The van der Waals surface area contributed by atoms with Crippen molar-refractivity contribution in [1.29, 1.82) is 0 Å². The molecule has 1 N–H and O–H groups in total. The van der Waals surface area contributed by atoms with Crippen LogP contribution >= 0.6 is 0 Å². The van der Waals surface area contributed by atoms with Gasteiger partial charge in [0.25, 0.3) is 0 Å². The minimum absolute atomic E-state index is 0.0129. The van der Waals surface area contributed by atoms with Crippen molar-refractivity contribution in [3.63, 3.8) is 0 Å². The summed E-state index contributed by atoms with van der Waals surface area (Å²) in [5, 5.41) is 3.40. The molecule has 6 heteroatoms. The second-order valence-electron chi connectivity index (χ2n) is 6.50. The van der Waals surface area contributed by atoms with Crippen molar-refractivity contribution in [2.24, 2.45) is 0 Å². The van der Waals surface area contributed by atoms with Crippen LogP contribution < -0.4 is 5.32 Å². The van der Waals surface area contributed by atoms with Crippen LogP contribution in [0.5, 0.6) is 0 Å². The predicted octanol–water partition coefficient (Wildman–Crippen LogP) is 0.900. The first-order valence-electron chi connectivity index (χ1n) is 6.91. The molecule has 2 rings (SSSR count). The SMILES string of the molecule is CCCC1NC2(CC2)C(=O)N1CC(C)(C)S(C)(=O)=O. The molecule has 0 radical (unpaired) electrons. The van der Waals surface area contributed by atoms with Gasteiger partial charge in [-0.2, -0.15) is 0 Å². The molecule has 1 unspecified atom stereocenters. The largest absolute Gasteiger partial charge is 0.324 e. The topological polar surface area (TPSA) is 66.5 Å². The Bertz CT molecular complexity index is 480. The van der Waals surface area contributed by atoms with Gasteiger partial charge in [-0.05, 0) is 33.1 Å². The Morgan fingerprint density at radius 3 is 2.42 bits per heavy atom. The number of rotatable bonds is 5. The molecule has 0 aromatic heterocycles. The second-order valence-corrected chi connectivity index (χ2v) is 9.15. The lowest BCUT2D eigenvalue weighted by Crippen LogP contribution is -2.48. The standard InChI is InChI=1S/C13H24N2O3S/c1-5-6-10-14-13(7-8-13)11(16)15(10)9-12(2,3)19(4,17)18/h10,14H,5-9H2,1-4H3. The number of hydrogen-bond acceptors (Lipinski definition) is 4. The number of sulfone groups is 1. The molecule has 1 heterocycles. The number of carbonyl (C=O) groups is 1. The molecule has 1 spiro atoms. The maximum atomic E-state index is 12.4. The summed E-state index contributed by atoms with van der Waals surface area (Å²) in [6.45, 7) is 5.72. The molecule has 110 valence electrons. The first kappa shape index (κ1) is 14.8. The number of nitrogens with zero attached hydrogens (tertiary/aromatic N) is 1. The van der Waals surface area contributed by atoms with E-state index in [4.69, 9.17) is 0 Å². The van der Waals surface area contributed by atoms with Crippen molar-refractivity contribution in [3.05, 3.63) is 0 Å². The number of carbonyl (C=O) groups excluding carboxylic acids is 1. The van der Waals surface area contributed by atoms with Gasteiger partial charge >= 0.3 is 0 Å². The lowest BCUT2D eigenvalue weighted by Gasteiger charge is -2.32. The van der Waals surface area contributed by atoms with E-state index in [1.54, 1.807) is 18.7 Å². The van der Waals surface area contributed by atoms with E-state index in [0.29, 0.717) is 0 Å². The van der Waals surface area contributed by atoms with E-state index in [2.05, 4.69) is 12.2 Å². The summed E-state index contributed by atoms with van der Waals surface area (Å²) >= 11 is 0. The molecular weight excluding hydrogens is 264 g/mol. The number of nitrogens with one attached hydrogen (secondary N) is 1. The van der Waals surface area contributed by atoms with Crippen LogP contribution in [0.25, 0.3) is 0 Å². The van der Waals surface area contributed by atoms with Gasteiger partial charge in [0.2, 0.25) is 5.91 Å². The summed E-state index contributed by atoms with van der Waals surface area (Å²) in [6.07, 6.45) is 4.82. The highest BCUT2D eigenvalue weighted by Gasteiger charge is 2.59. The molecule has 1 saturated carbocycles. The Hall–Kier alpha value is -0.620. The zero-order valence-electron chi connectivity index (χ0n) is 12.2. The fraction of sp³-hybridized carbons (Fsp3) is 0.923. The predicted molar refractivity (Wildman–Crippen MR) is 74.4 cm³/mol. The van der Waals surface area contributed by atoms with Gasteiger partial charge in [0.05, 0.1) is 16.5 Å². The quantitative estimate of drug-likeness (QED) is 0.816. The lowest BCUT2D eigenvalue weighted by atomic mass is 10.1. The molecule has 19 heavy (non-hydrogen) atoms. The molecule has 0 bridgehead atoms. The molecule has 1 amide bonds. The van der Waals surface area contributed by atoms with Crippen LogP contribution in [0.1, 0.15) is 46.5 Å². The zero-order valence-corrected chi connectivity index (χ0v) is 13.0.